The second-order valence-corrected chi connectivity index (χ2v) is 4.37. The Hall–Kier alpha value is 0. The molecule has 0 radical (unpaired) electrons. The van der Waals surface area contributed by atoms with Crippen molar-refractivity contribution in [3.8, 4) is 0 Å². The first-order chi connectivity index (χ1) is 4.81. The zero-order valence-electron chi connectivity index (χ0n) is 7.14. The number of hydrogen-bond acceptors (Lipinski definition) is 0. The third-order valence-corrected chi connectivity index (χ3v) is 3.88. The highest BCUT2D eigenvalue weighted by Crippen LogP contribution is 2.52. The summed E-state index contributed by atoms with van der Waals surface area (Å²) in [5, 5.41) is 0. The Labute approximate surface area is 64.0 Å². The fourth-order valence-electron chi connectivity index (χ4n) is 2.92. The van der Waals surface area contributed by atoms with Crippen LogP contribution < -0.4 is 0 Å². The molecule has 0 aromatic carbocycles. The zero-order valence-corrected chi connectivity index (χ0v) is 7.14. The zero-order chi connectivity index (χ0) is 7.14. The van der Waals surface area contributed by atoms with Gasteiger partial charge in [-0.15, -0.1) is 0 Å². The van der Waals surface area contributed by atoms with Gasteiger partial charge in [0.1, 0.15) is 0 Å². The predicted octanol–water partition coefficient (Wildman–Crippen LogP) is 3.08. The summed E-state index contributed by atoms with van der Waals surface area (Å²) in [6, 6.07) is 0. The topological polar surface area (TPSA) is 0 Å². The Bertz CT molecular complexity index is 122. The molecular weight excluding hydrogens is 120 g/mol. The molecule has 2 atom stereocenters. The minimum absolute atomic E-state index is 1.05. The van der Waals surface area contributed by atoms with Gasteiger partial charge in [0.25, 0.3) is 0 Å². The van der Waals surface area contributed by atoms with E-state index in [1.807, 2.05) is 0 Å². The molecule has 2 bridgehead atoms. The molecule has 0 nitrogen and oxygen atoms in total. The number of rotatable bonds is 1. The van der Waals surface area contributed by atoms with E-state index in [2.05, 4.69) is 13.8 Å². The van der Waals surface area contributed by atoms with Crippen LogP contribution >= 0.6 is 0 Å². The van der Waals surface area contributed by atoms with Crippen LogP contribution in [-0.4, -0.2) is 0 Å². The maximum absolute atomic E-state index is 2.45. The van der Waals surface area contributed by atoms with Crippen LogP contribution in [0.5, 0.6) is 0 Å². The lowest BCUT2D eigenvalue weighted by Gasteiger charge is -2.50. The molecule has 3 rings (SSSR count). The Morgan fingerprint density at radius 1 is 1.10 bits per heavy atom. The van der Waals surface area contributed by atoms with Gasteiger partial charge >= 0.3 is 0 Å². The fourth-order valence-corrected chi connectivity index (χ4v) is 2.92. The van der Waals surface area contributed by atoms with E-state index in [1.54, 1.807) is 12.8 Å². The molecule has 3 aliphatic rings. The predicted molar refractivity (Wildman–Crippen MR) is 43.8 cm³/mol. The highest BCUT2D eigenvalue weighted by atomic mass is 14.5. The average Bonchev–Trinajstić information content (AvgIpc) is 1.84. The molecule has 0 aromatic rings. The maximum Gasteiger partial charge on any atom is -0.0380 e. The summed E-state index contributed by atoms with van der Waals surface area (Å²) >= 11 is 0. The fraction of sp³-hybridized carbons (Fsp3) is 1.00. The van der Waals surface area contributed by atoms with Crippen molar-refractivity contribution in [3.05, 3.63) is 0 Å². The molecule has 0 heteroatoms. The van der Waals surface area contributed by atoms with E-state index >= 15 is 0 Å². The van der Waals surface area contributed by atoms with Crippen LogP contribution in [0.2, 0.25) is 0 Å². The first kappa shape index (κ1) is 6.69. The molecule has 58 valence electrons. The van der Waals surface area contributed by atoms with Crippen molar-refractivity contribution in [2.75, 3.05) is 0 Å². The molecule has 2 unspecified atom stereocenters. The first-order valence-electron chi connectivity index (χ1n) is 4.81. The second kappa shape index (κ2) is 2.25. The lowest BCUT2D eigenvalue weighted by atomic mass is 9.55. The number of hydrogen-bond donors (Lipinski definition) is 0. The third-order valence-electron chi connectivity index (χ3n) is 3.88. The van der Waals surface area contributed by atoms with Crippen LogP contribution in [0.4, 0.5) is 0 Å². The molecule has 0 saturated heterocycles. The van der Waals surface area contributed by atoms with Crippen molar-refractivity contribution >= 4 is 0 Å². The van der Waals surface area contributed by atoms with Crippen LogP contribution in [-0.2, 0) is 0 Å². The summed E-state index contributed by atoms with van der Waals surface area (Å²) in [6.45, 7) is 4.80. The number of fused-ring (bicyclic) bond motifs is 2. The maximum atomic E-state index is 2.45. The van der Waals surface area contributed by atoms with Gasteiger partial charge in [0.2, 0.25) is 0 Å². The van der Waals surface area contributed by atoms with E-state index in [0.717, 1.165) is 23.7 Å². The molecule has 0 N–H and O–H groups in total. The van der Waals surface area contributed by atoms with Gasteiger partial charge in [-0.3, -0.25) is 0 Å². The van der Waals surface area contributed by atoms with Crippen LogP contribution in [0.1, 0.15) is 39.5 Å². The molecule has 3 fully saturated rings. The molecular formula is C10H18. The lowest BCUT2D eigenvalue weighted by molar-refractivity contribution is 0.000910. The molecule has 0 spiro atoms. The first-order valence-corrected chi connectivity index (χ1v) is 4.81. The van der Waals surface area contributed by atoms with E-state index in [4.69, 9.17) is 0 Å². The highest BCUT2D eigenvalue weighted by Gasteiger charge is 2.42. The highest BCUT2D eigenvalue weighted by molar-refractivity contribution is 4.93. The quantitative estimate of drug-likeness (QED) is 0.522. The molecule has 10 heavy (non-hydrogen) atoms. The Morgan fingerprint density at radius 3 is 2.20 bits per heavy atom. The van der Waals surface area contributed by atoms with Crippen molar-refractivity contribution < 1.29 is 0 Å². The largest absolute Gasteiger partial charge is 0.0651 e. The Kier molecular flexibility index (Phi) is 1.51. The van der Waals surface area contributed by atoms with Crippen LogP contribution in [0.3, 0.4) is 0 Å². The van der Waals surface area contributed by atoms with Crippen molar-refractivity contribution in [2.45, 2.75) is 39.5 Å². The van der Waals surface area contributed by atoms with Gasteiger partial charge in [0.05, 0.1) is 0 Å². The van der Waals surface area contributed by atoms with E-state index < -0.39 is 0 Å². The Morgan fingerprint density at radius 2 is 1.80 bits per heavy atom. The van der Waals surface area contributed by atoms with Gasteiger partial charge in [-0.2, -0.15) is 0 Å². The molecule has 0 amide bonds. The van der Waals surface area contributed by atoms with Crippen LogP contribution in [0.25, 0.3) is 0 Å². The molecule has 3 aliphatic carbocycles. The van der Waals surface area contributed by atoms with Crippen molar-refractivity contribution in [1.29, 1.82) is 0 Å². The summed E-state index contributed by atoms with van der Waals surface area (Å²) in [5.41, 5.74) is 0. The van der Waals surface area contributed by atoms with E-state index in [1.165, 1.54) is 12.8 Å². The molecule has 0 heterocycles. The van der Waals surface area contributed by atoms with E-state index in [9.17, 15) is 0 Å². The van der Waals surface area contributed by atoms with Gasteiger partial charge in [0.15, 0.2) is 0 Å². The van der Waals surface area contributed by atoms with Crippen molar-refractivity contribution in [1.82, 2.24) is 0 Å². The SMILES string of the molecule is CCC1CC(C)C2CC1C2. The van der Waals surface area contributed by atoms with E-state index in [0.29, 0.717) is 0 Å². The normalized spacial score (nSPS) is 52.2. The summed E-state index contributed by atoms with van der Waals surface area (Å²) < 4.78 is 0. The summed E-state index contributed by atoms with van der Waals surface area (Å²) in [7, 11) is 0. The van der Waals surface area contributed by atoms with E-state index in [-0.39, 0.29) is 0 Å². The summed E-state index contributed by atoms with van der Waals surface area (Å²) in [4.78, 5) is 0. The smallest absolute Gasteiger partial charge is 0.0380 e. The van der Waals surface area contributed by atoms with Gasteiger partial charge in [-0.25, -0.2) is 0 Å². The molecule has 0 aromatic heterocycles. The van der Waals surface area contributed by atoms with Gasteiger partial charge < -0.3 is 0 Å². The van der Waals surface area contributed by atoms with Gasteiger partial charge in [0, 0.05) is 0 Å². The van der Waals surface area contributed by atoms with Crippen molar-refractivity contribution in [3.63, 3.8) is 0 Å². The lowest BCUT2D eigenvalue weighted by Crippen LogP contribution is -2.40. The van der Waals surface area contributed by atoms with Gasteiger partial charge in [-0.05, 0) is 42.9 Å². The minimum atomic E-state index is 1.05. The average molecular weight is 138 g/mol. The summed E-state index contributed by atoms with van der Waals surface area (Å²) in [5.74, 6) is 4.42. The monoisotopic (exact) mass is 138 g/mol. The molecule has 0 aliphatic heterocycles. The van der Waals surface area contributed by atoms with Crippen LogP contribution in [0, 0.1) is 23.7 Å². The Balaban J connectivity index is 1.99. The van der Waals surface area contributed by atoms with Gasteiger partial charge in [-0.1, -0.05) is 20.3 Å². The van der Waals surface area contributed by atoms with Crippen molar-refractivity contribution in [2.24, 2.45) is 23.7 Å². The second-order valence-electron chi connectivity index (χ2n) is 4.37. The standard InChI is InChI=1S/C10H18/c1-3-8-4-7(2)9-5-10(8)6-9/h7-10H,3-6H2,1-2H3. The summed E-state index contributed by atoms with van der Waals surface area (Å²) in [6.07, 6.45) is 6.10. The minimum Gasteiger partial charge on any atom is -0.0651 e. The third kappa shape index (κ3) is 0.810. The van der Waals surface area contributed by atoms with Crippen LogP contribution in [0.15, 0.2) is 0 Å². The molecule has 3 saturated carbocycles.